The van der Waals surface area contributed by atoms with E-state index in [2.05, 4.69) is 10.1 Å². The number of ketones is 1. The molecule has 0 saturated heterocycles. The summed E-state index contributed by atoms with van der Waals surface area (Å²) in [6.45, 7) is 4.87. The molecule has 2 aromatic carbocycles. The zero-order valence-corrected chi connectivity index (χ0v) is 20.3. The maximum absolute atomic E-state index is 13.2. The maximum atomic E-state index is 13.2. The quantitative estimate of drug-likeness (QED) is 0.312. The molecule has 9 heteroatoms. The van der Waals surface area contributed by atoms with Crippen molar-refractivity contribution in [3.63, 3.8) is 0 Å². The SMILES string of the molecule is COC(=O)c1c(C)[nH]c(C(=O)C(C)OC(=O)c2nn(Cc3ccccc3)c(=O)c3ccccc23)c1C. The lowest BCUT2D eigenvalue weighted by Crippen LogP contribution is -2.30. The molecule has 1 unspecified atom stereocenters. The number of hydrogen-bond donors (Lipinski definition) is 1. The molecular formula is C27H25N3O6. The van der Waals surface area contributed by atoms with E-state index in [1.54, 1.807) is 38.1 Å². The third kappa shape index (κ3) is 4.55. The van der Waals surface area contributed by atoms with Gasteiger partial charge < -0.3 is 14.5 Å². The third-order valence-corrected chi connectivity index (χ3v) is 5.96. The summed E-state index contributed by atoms with van der Waals surface area (Å²) < 4.78 is 11.5. The van der Waals surface area contributed by atoms with E-state index < -0.39 is 23.8 Å². The number of benzene rings is 2. The zero-order chi connectivity index (χ0) is 26.0. The van der Waals surface area contributed by atoms with Gasteiger partial charge in [-0.15, -0.1) is 0 Å². The van der Waals surface area contributed by atoms with E-state index in [4.69, 9.17) is 9.47 Å². The van der Waals surface area contributed by atoms with Crippen LogP contribution in [0.15, 0.2) is 59.4 Å². The van der Waals surface area contributed by atoms with Crippen molar-refractivity contribution in [3.8, 4) is 0 Å². The highest BCUT2D eigenvalue weighted by Gasteiger charge is 2.29. The molecule has 2 aromatic heterocycles. The molecule has 4 aromatic rings. The average Bonchev–Trinajstić information content (AvgIpc) is 3.18. The van der Waals surface area contributed by atoms with Crippen LogP contribution in [-0.2, 0) is 16.0 Å². The van der Waals surface area contributed by atoms with Crippen LogP contribution in [0.3, 0.4) is 0 Å². The highest BCUT2D eigenvalue weighted by atomic mass is 16.5. The number of hydrogen-bond acceptors (Lipinski definition) is 7. The van der Waals surface area contributed by atoms with Crippen molar-refractivity contribution in [2.24, 2.45) is 0 Å². The minimum Gasteiger partial charge on any atom is -0.465 e. The number of nitrogens with one attached hydrogen (secondary N) is 1. The standard InChI is InChI=1S/C27H25N3O6/c1-15-21(26(33)35-4)16(2)28-22(15)24(31)17(3)36-27(34)23-19-12-8-9-13-20(19)25(32)30(29-23)14-18-10-6-5-7-11-18/h5-13,17,28H,14H2,1-4H3. The van der Waals surface area contributed by atoms with Gasteiger partial charge in [-0.2, -0.15) is 5.10 Å². The molecule has 36 heavy (non-hydrogen) atoms. The van der Waals surface area contributed by atoms with Gasteiger partial charge in [-0.05, 0) is 38.0 Å². The molecular weight excluding hydrogens is 462 g/mol. The Hall–Kier alpha value is -4.53. The summed E-state index contributed by atoms with van der Waals surface area (Å²) in [6.07, 6.45) is -1.19. The van der Waals surface area contributed by atoms with Gasteiger partial charge in [0.25, 0.3) is 5.56 Å². The van der Waals surface area contributed by atoms with Crippen molar-refractivity contribution in [2.45, 2.75) is 33.4 Å². The Kier molecular flexibility index (Phi) is 6.82. The highest BCUT2D eigenvalue weighted by molar-refractivity contribution is 6.06. The summed E-state index contributed by atoms with van der Waals surface area (Å²) in [6, 6.07) is 15.9. The van der Waals surface area contributed by atoms with Gasteiger partial charge in [0.2, 0.25) is 5.78 Å². The second-order valence-electron chi connectivity index (χ2n) is 8.37. The van der Waals surface area contributed by atoms with Gasteiger partial charge in [-0.25, -0.2) is 14.3 Å². The Morgan fingerprint density at radius 3 is 2.28 bits per heavy atom. The number of aromatic nitrogens is 3. The summed E-state index contributed by atoms with van der Waals surface area (Å²) in [5.74, 6) is -1.93. The van der Waals surface area contributed by atoms with E-state index in [1.807, 2.05) is 30.3 Å². The highest BCUT2D eigenvalue weighted by Crippen LogP contribution is 2.22. The lowest BCUT2D eigenvalue weighted by molar-refractivity contribution is 0.0311. The third-order valence-electron chi connectivity index (χ3n) is 5.96. The molecule has 0 amide bonds. The first-order valence-electron chi connectivity index (χ1n) is 11.3. The van der Waals surface area contributed by atoms with Crippen molar-refractivity contribution in [1.82, 2.24) is 14.8 Å². The van der Waals surface area contributed by atoms with Gasteiger partial charge in [-0.3, -0.25) is 9.59 Å². The molecule has 2 heterocycles. The molecule has 0 bridgehead atoms. The van der Waals surface area contributed by atoms with E-state index in [1.165, 1.54) is 18.7 Å². The number of carbonyl (C=O) groups is 3. The van der Waals surface area contributed by atoms with Crippen LogP contribution in [0.1, 0.15) is 55.1 Å². The van der Waals surface area contributed by atoms with Crippen LogP contribution >= 0.6 is 0 Å². The van der Waals surface area contributed by atoms with E-state index in [9.17, 15) is 19.2 Å². The van der Waals surface area contributed by atoms with E-state index >= 15 is 0 Å². The van der Waals surface area contributed by atoms with Crippen molar-refractivity contribution in [1.29, 1.82) is 0 Å². The van der Waals surface area contributed by atoms with Gasteiger partial charge in [0.05, 0.1) is 30.3 Å². The van der Waals surface area contributed by atoms with Crippen LogP contribution in [0.2, 0.25) is 0 Å². The van der Waals surface area contributed by atoms with Gasteiger partial charge in [0.1, 0.15) is 0 Å². The predicted molar refractivity (Wildman–Crippen MR) is 132 cm³/mol. The molecule has 0 fully saturated rings. The van der Waals surface area contributed by atoms with Gasteiger partial charge in [0, 0.05) is 11.1 Å². The molecule has 0 saturated carbocycles. The van der Waals surface area contributed by atoms with Crippen molar-refractivity contribution in [2.75, 3.05) is 7.11 Å². The average molecular weight is 488 g/mol. The normalized spacial score (nSPS) is 11.8. The number of esters is 2. The van der Waals surface area contributed by atoms with Gasteiger partial charge in [0.15, 0.2) is 11.8 Å². The Morgan fingerprint density at radius 2 is 1.61 bits per heavy atom. The smallest absolute Gasteiger partial charge is 0.360 e. The topological polar surface area (TPSA) is 120 Å². The summed E-state index contributed by atoms with van der Waals surface area (Å²) >= 11 is 0. The number of aromatic amines is 1. The number of fused-ring (bicyclic) bond motifs is 1. The van der Waals surface area contributed by atoms with Crippen LogP contribution in [0.25, 0.3) is 10.8 Å². The Balaban J connectivity index is 1.66. The number of nitrogens with zero attached hydrogens (tertiary/aromatic N) is 2. The lowest BCUT2D eigenvalue weighted by Gasteiger charge is -2.14. The number of carbonyl (C=O) groups excluding carboxylic acids is 3. The molecule has 4 rings (SSSR count). The first-order chi connectivity index (χ1) is 17.2. The zero-order valence-electron chi connectivity index (χ0n) is 20.3. The fraction of sp³-hybridized carbons (Fsp3) is 0.222. The predicted octanol–water partition coefficient (Wildman–Crippen LogP) is 3.60. The molecule has 0 radical (unpaired) electrons. The van der Waals surface area contributed by atoms with E-state index in [-0.39, 0.29) is 29.1 Å². The fourth-order valence-electron chi connectivity index (χ4n) is 4.13. The number of Topliss-reactive ketones (excluding diaryl/α,β-unsaturated/α-hetero) is 1. The van der Waals surface area contributed by atoms with Crippen LogP contribution in [0.4, 0.5) is 0 Å². The summed E-state index contributed by atoms with van der Waals surface area (Å²) in [7, 11) is 1.26. The second kappa shape index (κ2) is 9.99. The first-order valence-corrected chi connectivity index (χ1v) is 11.3. The molecule has 0 aliphatic heterocycles. The van der Waals surface area contributed by atoms with Gasteiger partial charge >= 0.3 is 11.9 Å². The monoisotopic (exact) mass is 487 g/mol. The minimum absolute atomic E-state index is 0.0737. The molecule has 0 aliphatic carbocycles. The maximum Gasteiger partial charge on any atom is 0.360 e. The first kappa shape index (κ1) is 24.6. The fourth-order valence-corrected chi connectivity index (χ4v) is 4.13. The van der Waals surface area contributed by atoms with Crippen LogP contribution < -0.4 is 5.56 Å². The molecule has 0 spiro atoms. The van der Waals surface area contributed by atoms with Crippen LogP contribution in [0, 0.1) is 13.8 Å². The van der Waals surface area contributed by atoms with Crippen molar-refractivity contribution >= 4 is 28.5 Å². The Morgan fingerprint density at radius 1 is 0.972 bits per heavy atom. The molecule has 9 nitrogen and oxygen atoms in total. The minimum atomic E-state index is -1.19. The summed E-state index contributed by atoms with van der Waals surface area (Å²) in [5.41, 5.74) is 1.72. The van der Waals surface area contributed by atoms with Gasteiger partial charge in [-0.1, -0.05) is 48.5 Å². The number of aryl methyl sites for hydroxylation is 1. The van der Waals surface area contributed by atoms with Crippen molar-refractivity contribution < 1.29 is 23.9 Å². The number of ether oxygens (including phenoxy) is 2. The lowest BCUT2D eigenvalue weighted by atomic mass is 10.1. The number of rotatable bonds is 7. The Labute approximate surface area is 206 Å². The summed E-state index contributed by atoms with van der Waals surface area (Å²) in [4.78, 5) is 54.3. The number of H-pyrrole nitrogens is 1. The largest absolute Gasteiger partial charge is 0.465 e. The van der Waals surface area contributed by atoms with Crippen molar-refractivity contribution in [3.05, 3.63) is 98.7 Å². The second-order valence-corrected chi connectivity index (χ2v) is 8.37. The van der Waals surface area contributed by atoms with E-state index in [0.29, 0.717) is 22.0 Å². The number of methoxy groups -OCH3 is 1. The summed E-state index contributed by atoms with van der Waals surface area (Å²) in [5, 5.41) is 4.94. The van der Waals surface area contributed by atoms with Crippen LogP contribution in [-0.4, -0.2) is 45.7 Å². The van der Waals surface area contributed by atoms with E-state index in [0.717, 1.165) is 5.56 Å². The molecule has 1 N–H and O–H groups in total. The molecule has 0 aliphatic rings. The Bertz CT molecular complexity index is 1530. The van der Waals surface area contributed by atoms with Crippen LogP contribution in [0.5, 0.6) is 0 Å². The molecule has 1 atom stereocenters. The molecule has 184 valence electrons.